The monoisotopic (exact) mass is 249 g/mol. The maximum atomic E-state index is 12.0. The fourth-order valence-corrected chi connectivity index (χ4v) is 2.17. The summed E-state index contributed by atoms with van der Waals surface area (Å²) in [7, 11) is 0. The summed E-state index contributed by atoms with van der Waals surface area (Å²) in [5.41, 5.74) is 0.871. The number of amides is 2. The van der Waals surface area contributed by atoms with E-state index in [1.54, 1.807) is 17.9 Å². The summed E-state index contributed by atoms with van der Waals surface area (Å²) in [5, 5.41) is 12.3. The van der Waals surface area contributed by atoms with Gasteiger partial charge in [-0.15, -0.1) is 0 Å². The summed E-state index contributed by atoms with van der Waals surface area (Å²) in [6.45, 7) is 4.95. The topological polar surface area (TPSA) is 65.5 Å². The molecule has 0 radical (unpaired) electrons. The van der Waals surface area contributed by atoms with Crippen LogP contribution in [0.4, 0.5) is 10.6 Å². The molecule has 5 heteroatoms. The van der Waals surface area contributed by atoms with Crippen LogP contribution in [-0.4, -0.2) is 40.2 Å². The van der Waals surface area contributed by atoms with Gasteiger partial charge >= 0.3 is 6.03 Å². The summed E-state index contributed by atoms with van der Waals surface area (Å²) < 4.78 is 0. The molecule has 0 aliphatic carbocycles. The molecule has 18 heavy (non-hydrogen) atoms. The Morgan fingerprint density at radius 2 is 2.39 bits per heavy atom. The molecule has 2 atom stereocenters. The van der Waals surface area contributed by atoms with E-state index in [2.05, 4.69) is 10.3 Å². The van der Waals surface area contributed by atoms with Crippen LogP contribution in [0.25, 0.3) is 0 Å². The van der Waals surface area contributed by atoms with Crippen molar-refractivity contribution >= 4 is 11.8 Å². The van der Waals surface area contributed by atoms with Crippen LogP contribution in [0.3, 0.4) is 0 Å². The quantitative estimate of drug-likeness (QED) is 0.837. The number of aromatic nitrogens is 1. The first kappa shape index (κ1) is 12.8. The zero-order valence-corrected chi connectivity index (χ0v) is 10.8. The van der Waals surface area contributed by atoms with Crippen LogP contribution in [0, 0.1) is 12.8 Å². The molecule has 2 N–H and O–H groups in total. The minimum absolute atomic E-state index is 0.142. The Labute approximate surface area is 107 Å². The van der Waals surface area contributed by atoms with Gasteiger partial charge in [0.05, 0.1) is 6.10 Å². The summed E-state index contributed by atoms with van der Waals surface area (Å²) in [6, 6.07) is 5.37. The Morgan fingerprint density at radius 3 is 3.00 bits per heavy atom. The fourth-order valence-electron chi connectivity index (χ4n) is 2.17. The molecule has 1 aliphatic heterocycles. The predicted molar refractivity (Wildman–Crippen MR) is 69.4 cm³/mol. The van der Waals surface area contributed by atoms with Crippen molar-refractivity contribution in [3.05, 3.63) is 23.9 Å². The lowest BCUT2D eigenvalue weighted by Crippen LogP contribution is -2.34. The molecule has 2 heterocycles. The third kappa shape index (κ3) is 2.98. The van der Waals surface area contributed by atoms with E-state index in [1.807, 2.05) is 19.1 Å². The lowest BCUT2D eigenvalue weighted by Gasteiger charge is -2.18. The van der Waals surface area contributed by atoms with Crippen molar-refractivity contribution in [3.8, 4) is 0 Å². The minimum Gasteiger partial charge on any atom is -0.393 e. The Balaban J connectivity index is 1.93. The van der Waals surface area contributed by atoms with Gasteiger partial charge in [-0.05, 0) is 32.4 Å². The molecule has 0 spiro atoms. The van der Waals surface area contributed by atoms with E-state index in [-0.39, 0.29) is 18.1 Å². The minimum atomic E-state index is -0.361. The standard InChI is InChI=1S/C13H19N3O2/c1-9-4-3-5-12(14-9)15-13(18)16-7-6-11(8-16)10(2)17/h3-5,10-11,17H,6-8H2,1-2H3,(H,14,15,18)/t10-,11-/m0/s1. The SMILES string of the molecule is Cc1cccc(NC(=O)N2CC[C@H]([C@H](C)O)C2)n1. The van der Waals surface area contributed by atoms with E-state index < -0.39 is 0 Å². The van der Waals surface area contributed by atoms with Crippen molar-refractivity contribution in [2.45, 2.75) is 26.4 Å². The van der Waals surface area contributed by atoms with Gasteiger partial charge in [0.15, 0.2) is 0 Å². The molecule has 0 unspecified atom stereocenters. The normalized spacial score (nSPS) is 20.8. The Morgan fingerprint density at radius 1 is 1.61 bits per heavy atom. The first-order valence-corrected chi connectivity index (χ1v) is 6.24. The molecule has 0 saturated carbocycles. The highest BCUT2D eigenvalue weighted by atomic mass is 16.3. The van der Waals surface area contributed by atoms with Crippen LogP contribution < -0.4 is 5.32 Å². The molecule has 0 aromatic carbocycles. The highest BCUT2D eigenvalue weighted by Gasteiger charge is 2.29. The number of rotatable bonds is 2. The van der Waals surface area contributed by atoms with Gasteiger partial charge in [-0.25, -0.2) is 9.78 Å². The zero-order chi connectivity index (χ0) is 13.1. The van der Waals surface area contributed by atoms with Gasteiger partial charge in [0.25, 0.3) is 0 Å². The molecule has 98 valence electrons. The van der Waals surface area contributed by atoms with E-state index in [4.69, 9.17) is 0 Å². The van der Waals surface area contributed by atoms with Crippen molar-refractivity contribution in [1.29, 1.82) is 0 Å². The summed E-state index contributed by atoms with van der Waals surface area (Å²) in [6.07, 6.45) is 0.492. The molecule has 2 rings (SSSR count). The van der Waals surface area contributed by atoms with Crippen LogP contribution in [-0.2, 0) is 0 Å². The smallest absolute Gasteiger partial charge is 0.323 e. The summed E-state index contributed by atoms with van der Waals surface area (Å²) in [4.78, 5) is 17.9. The van der Waals surface area contributed by atoms with Gasteiger partial charge in [-0.1, -0.05) is 6.07 Å². The van der Waals surface area contributed by atoms with E-state index in [0.717, 1.165) is 12.1 Å². The number of nitrogens with zero attached hydrogens (tertiary/aromatic N) is 2. The lowest BCUT2D eigenvalue weighted by atomic mass is 10.0. The van der Waals surface area contributed by atoms with Crippen LogP contribution in [0.1, 0.15) is 19.0 Å². The Kier molecular flexibility index (Phi) is 3.81. The second kappa shape index (κ2) is 5.35. The van der Waals surface area contributed by atoms with Crippen molar-refractivity contribution in [2.75, 3.05) is 18.4 Å². The number of aryl methyl sites for hydroxylation is 1. The van der Waals surface area contributed by atoms with Crippen molar-refractivity contribution in [3.63, 3.8) is 0 Å². The number of carbonyl (C=O) groups is 1. The van der Waals surface area contributed by atoms with E-state index >= 15 is 0 Å². The van der Waals surface area contributed by atoms with Gasteiger partial charge in [0, 0.05) is 24.7 Å². The molecule has 1 aromatic rings. The largest absolute Gasteiger partial charge is 0.393 e. The maximum Gasteiger partial charge on any atom is 0.323 e. The van der Waals surface area contributed by atoms with Crippen LogP contribution in [0.15, 0.2) is 18.2 Å². The molecule has 5 nitrogen and oxygen atoms in total. The predicted octanol–water partition coefficient (Wildman–Crippen LogP) is 1.62. The molecule has 1 saturated heterocycles. The number of anilines is 1. The number of hydrogen-bond donors (Lipinski definition) is 2. The number of aliphatic hydroxyl groups is 1. The number of urea groups is 1. The van der Waals surface area contributed by atoms with Gasteiger partial charge in [-0.3, -0.25) is 5.32 Å². The number of carbonyl (C=O) groups excluding carboxylic acids is 1. The molecule has 1 fully saturated rings. The molecular formula is C13H19N3O2. The van der Waals surface area contributed by atoms with Gasteiger partial charge < -0.3 is 10.0 Å². The van der Waals surface area contributed by atoms with Crippen molar-refractivity contribution in [1.82, 2.24) is 9.88 Å². The van der Waals surface area contributed by atoms with Crippen LogP contribution in [0.2, 0.25) is 0 Å². The first-order chi connectivity index (χ1) is 8.56. The summed E-state index contributed by atoms with van der Waals surface area (Å²) >= 11 is 0. The van der Waals surface area contributed by atoms with Gasteiger partial charge in [0.2, 0.25) is 0 Å². The lowest BCUT2D eigenvalue weighted by molar-refractivity contribution is 0.130. The van der Waals surface area contributed by atoms with Crippen LogP contribution in [0.5, 0.6) is 0 Å². The first-order valence-electron chi connectivity index (χ1n) is 6.24. The molecule has 0 bridgehead atoms. The Bertz CT molecular complexity index is 434. The molecule has 1 aliphatic rings. The number of pyridine rings is 1. The van der Waals surface area contributed by atoms with Gasteiger partial charge in [-0.2, -0.15) is 0 Å². The van der Waals surface area contributed by atoms with Crippen molar-refractivity contribution < 1.29 is 9.90 Å². The second-order valence-corrected chi connectivity index (χ2v) is 4.83. The van der Waals surface area contributed by atoms with E-state index in [9.17, 15) is 9.90 Å². The average molecular weight is 249 g/mol. The maximum absolute atomic E-state index is 12.0. The number of nitrogens with one attached hydrogen (secondary N) is 1. The third-order valence-corrected chi connectivity index (χ3v) is 3.32. The molecule has 2 amide bonds. The highest BCUT2D eigenvalue weighted by Crippen LogP contribution is 2.20. The van der Waals surface area contributed by atoms with Crippen molar-refractivity contribution in [2.24, 2.45) is 5.92 Å². The third-order valence-electron chi connectivity index (χ3n) is 3.32. The second-order valence-electron chi connectivity index (χ2n) is 4.83. The van der Waals surface area contributed by atoms with Gasteiger partial charge in [0.1, 0.15) is 5.82 Å². The number of likely N-dealkylation sites (tertiary alicyclic amines) is 1. The Hall–Kier alpha value is -1.62. The van der Waals surface area contributed by atoms with E-state index in [1.165, 1.54) is 0 Å². The summed E-state index contributed by atoms with van der Waals surface area (Å²) in [5.74, 6) is 0.752. The zero-order valence-electron chi connectivity index (χ0n) is 10.8. The molecular weight excluding hydrogens is 230 g/mol. The number of aliphatic hydroxyl groups excluding tert-OH is 1. The number of hydrogen-bond acceptors (Lipinski definition) is 3. The molecule has 1 aromatic heterocycles. The average Bonchev–Trinajstić information content (AvgIpc) is 2.78. The van der Waals surface area contributed by atoms with E-state index in [0.29, 0.717) is 18.9 Å². The fraction of sp³-hybridized carbons (Fsp3) is 0.538. The highest BCUT2D eigenvalue weighted by molar-refractivity contribution is 5.88. The van der Waals surface area contributed by atoms with Crippen LogP contribution >= 0.6 is 0 Å².